The lowest BCUT2D eigenvalue weighted by Gasteiger charge is -2.17. The van der Waals surface area contributed by atoms with Gasteiger partial charge in [-0.3, -0.25) is 4.99 Å². The predicted octanol–water partition coefficient (Wildman–Crippen LogP) is 2.37. The van der Waals surface area contributed by atoms with Crippen molar-refractivity contribution in [3.05, 3.63) is 35.9 Å². The lowest BCUT2D eigenvalue weighted by atomic mass is 10.1. The third kappa shape index (κ3) is 2.98. The van der Waals surface area contributed by atoms with Gasteiger partial charge in [0.25, 0.3) is 0 Å². The SMILES string of the molecule is COC(=O)C(NC1=NCC(C2CC2)S1)c1ccccc1. The van der Waals surface area contributed by atoms with Gasteiger partial charge in [0.15, 0.2) is 11.2 Å². The Kier molecular flexibility index (Phi) is 3.96. The summed E-state index contributed by atoms with van der Waals surface area (Å²) in [5.41, 5.74) is 0.900. The van der Waals surface area contributed by atoms with Crippen molar-refractivity contribution in [1.29, 1.82) is 0 Å². The minimum Gasteiger partial charge on any atom is -0.467 e. The number of methoxy groups -OCH3 is 1. The Bertz CT molecular complexity index is 514. The van der Waals surface area contributed by atoms with Crippen molar-refractivity contribution in [3.63, 3.8) is 0 Å². The number of hydrogen-bond acceptors (Lipinski definition) is 5. The van der Waals surface area contributed by atoms with Crippen molar-refractivity contribution in [2.45, 2.75) is 24.1 Å². The Hall–Kier alpha value is -1.49. The standard InChI is InChI=1S/C15H18N2O2S/c1-19-14(18)13(11-5-3-2-4-6-11)17-15-16-9-12(20-15)10-7-8-10/h2-6,10,12-13H,7-9H2,1H3,(H,16,17). The Morgan fingerprint density at radius 2 is 2.15 bits per heavy atom. The Labute approximate surface area is 123 Å². The topological polar surface area (TPSA) is 50.7 Å². The Morgan fingerprint density at radius 3 is 2.80 bits per heavy atom. The van der Waals surface area contributed by atoms with Crippen molar-refractivity contribution >= 4 is 22.9 Å². The zero-order chi connectivity index (χ0) is 13.9. The van der Waals surface area contributed by atoms with Crippen molar-refractivity contribution in [3.8, 4) is 0 Å². The number of nitrogens with one attached hydrogen (secondary N) is 1. The molecule has 0 bridgehead atoms. The molecule has 106 valence electrons. The average molecular weight is 290 g/mol. The first-order chi connectivity index (χ1) is 9.78. The third-order valence-electron chi connectivity index (χ3n) is 3.66. The molecule has 0 radical (unpaired) electrons. The second-order valence-electron chi connectivity index (χ2n) is 5.15. The van der Waals surface area contributed by atoms with Crippen LogP contribution in [0.2, 0.25) is 0 Å². The molecule has 5 heteroatoms. The fourth-order valence-corrected chi connectivity index (χ4v) is 3.58. The molecule has 0 saturated heterocycles. The maximum atomic E-state index is 12.0. The van der Waals surface area contributed by atoms with Gasteiger partial charge in [0.1, 0.15) is 0 Å². The molecule has 0 aromatic heterocycles. The van der Waals surface area contributed by atoms with Gasteiger partial charge in [-0.2, -0.15) is 0 Å². The van der Waals surface area contributed by atoms with Gasteiger partial charge < -0.3 is 10.1 Å². The van der Waals surface area contributed by atoms with Gasteiger partial charge >= 0.3 is 5.97 Å². The minimum atomic E-state index is -0.481. The van der Waals surface area contributed by atoms with E-state index in [0.29, 0.717) is 5.25 Å². The molecule has 0 amide bonds. The summed E-state index contributed by atoms with van der Waals surface area (Å²) in [4.78, 5) is 16.5. The van der Waals surface area contributed by atoms with E-state index in [0.717, 1.165) is 23.2 Å². The van der Waals surface area contributed by atoms with Gasteiger partial charge in [0, 0.05) is 5.25 Å². The highest BCUT2D eigenvalue weighted by molar-refractivity contribution is 8.14. The van der Waals surface area contributed by atoms with Crippen LogP contribution in [-0.4, -0.2) is 30.0 Å². The number of esters is 1. The second kappa shape index (κ2) is 5.87. The molecule has 0 spiro atoms. The summed E-state index contributed by atoms with van der Waals surface area (Å²) >= 11 is 1.76. The van der Waals surface area contributed by atoms with Gasteiger partial charge in [0.05, 0.1) is 13.7 Å². The molecule has 1 saturated carbocycles. The summed E-state index contributed by atoms with van der Waals surface area (Å²) in [6.45, 7) is 0.861. The molecule has 1 aliphatic carbocycles. The number of aliphatic imine (C=N–C) groups is 1. The molecule has 1 fully saturated rings. The fourth-order valence-electron chi connectivity index (χ4n) is 2.35. The zero-order valence-corrected chi connectivity index (χ0v) is 12.2. The van der Waals surface area contributed by atoms with Gasteiger partial charge in [-0.1, -0.05) is 42.1 Å². The summed E-state index contributed by atoms with van der Waals surface area (Å²) < 4.78 is 4.90. The van der Waals surface area contributed by atoms with Crippen LogP contribution in [0.5, 0.6) is 0 Å². The number of thioether (sulfide) groups is 1. The smallest absolute Gasteiger partial charge is 0.333 e. The van der Waals surface area contributed by atoms with Crippen LogP contribution in [0.1, 0.15) is 24.4 Å². The van der Waals surface area contributed by atoms with Crippen LogP contribution in [0, 0.1) is 5.92 Å². The Balaban J connectivity index is 1.69. The fraction of sp³-hybridized carbons (Fsp3) is 0.467. The van der Waals surface area contributed by atoms with Gasteiger partial charge in [-0.25, -0.2) is 4.79 Å². The maximum absolute atomic E-state index is 12.0. The molecule has 2 unspecified atom stereocenters. The van der Waals surface area contributed by atoms with Crippen LogP contribution in [0.4, 0.5) is 0 Å². The van der Waals surface area contributed by atoms with E-state index in [1.54, 1.807) is 11.8 Å². The average Bonchev–Trinajstić information content (AvgIpc) is 3.24. The molecule has 1 heterocycles. The molecular formula is C15H18N2O2S. The maximum Gasteiger partial charge on any atom is 0.333 e. The molecule has 4 nitrogen and oxygen atoms in total. The minimum absolute atomic E-state index is 0.283. The monoisotopic (exact) mass is 290 g/mol. The highest BCUT2D eigenvalue weighted by Crippen LogP contribution is 2.41. The number of rotatable bonds is 4. The van der Waals surface area contributed by atoms with Crippen LogP contribution in [0.25, 0.3) is 0 Å². The van der Waals surface area contributed by atoms with E-state index in [1.807, 2.05) is 30.3 Å². The van der Waals surface area contributed by atoms with E-state index >= 15 is 0 Å². The number of benzene rings is 1. The third-order valence-corrected chi connectivity index (χ3v) is 4.97. The number of hydrogen-bond donors (Lipinski definition) is 1. The van der Waals surface area contributed by atoms with E-state index in [2.05, 4.69) is 10.3 Å². The molecule has 2 aliphatic rings. The molecule has 3 rings (SSSR count). The molecule has 1 aliphatic heterocycles. The van der Waals surface area contributed by atoms with Crippen molar-refractivity contribution < 1.29 is 9.53 Å². The number of nitrogens with zero attached hydrogens (tertiary/aromatic N) is 1. The highest BCUT2D eigenvalue weighted by atomic mass is 32.2. The summed E-state index contributed by atoms with van der Waals surface area (Å²) in [5.74, 6) is 0.533. The number of ether oxygens (including phenoxy) is 1. The summed E-state index contributed by atoms with van der Waals surface area (Å²) in [6, 6.07) is 9.14. The van der Waals surface area contributed by atoms with Crippen LogP contribution in [0.3, 0.4) is 0 Å². The number of amidine groups is 1. The van der Waals surface area contributed by atoms with Crippen molar-refractivity contribution in [1.82, 2.24) is 5.32 Å². The summed E-state index contributed by atoms with van der Waals surface area (Å²) in [6.07, 6.45) is 2.64. The summed E-state index contributed by atoms with van der Waals surface area (Å²) in [7, 11) is 1.41. The molecule has 1 aromatic carbocycles. The van der Waals surface area contributed by atoms with Gasteiger partial charge in [-0.15, -0.1) is 0 Å². The second-order valence-corrected chi connectivity index (χ2v) is 6.38. The van der Waals surface area contributed by atoms with E-state index in [-0.39, 0.29) is 5.97 Å². The molecule has 1 aromatic rings. The Morgan fingerprint density at radius 1 is 1.40 bits per heavy atom. The predicted molar refractivity (Wildman–Crippen MR) is 80.7 cm³/mol. The van der Waals surface area contributed by atoms with E-state index in [9.17, 15) is 4.79 Å². The van der Waals surface area contributed by atoms with Crippen LogP contribution in [0.15, 0.2) is 35.3 Å². The molecular weight excluding hydrogens is 272 g/mol. The van der Waals surface area contributed by atoms with Gasteiger partial charge in [-0.05, 0) is 24.3 Å². The van der Waals surface area contributed by atoms with Gasteiger partial charge in [0.2, 0.25) is 0 Å². The quantitative estimate of drug-likeness (QED) is 0.865. The first-order valence-electron chi connectivity index (χ1n) is 6.88. The number of carbonyl (C=O) groups excluding carboxylic acids is 1. The summed E-state index contributed by atoms with van der Waals surface area (Å²) in [5, 5.41) is 4.69. The first kappa shape index (κ1) is 13.5. The molecule has 20 heavy (non-hydrogen) atoms. The highest BCUT2D eigenvalue weighted by Gasteiger charge is 2.36. The first-order valence-corrected chi connectivity index (χ1v) is 7.76. The van der Waals surface area contributed by atoms with Crippen LogP contribution in [-0.2, 0) is 9.53 Å². The normalized spacial score (nSPS) is 23.1. The number of carbonyl (C=O) groups is 1. The lowest BCUT2D eigenvalue weighted by Crippen LogP contribution is -2.32. The van der Waals surface area contributed by atoms with Crippen molar-refractivity contribution in [2.24, 2.45) is 10.9 Å². The van der Waals surface area contributed by atoms with E-state index < -0.39 is 6.04 Å². The zero-order valence-electron chi connectivity index (χ0n) is 11.4. The van der Waals surface area contributed by atoms with Crippen LogP contribution < -0.4 is 5.32 Å². The van der Waals surface area contributed by atoms with Crippen LogP contribution >= 0.6 is 11.8 Å². The molecule has 1 N–H and O–H groups in total. The van der Waals surface area contributed by atoms with Crippen molar-refractivity contribution in [2.75, 3.05) is 13.7 Å². The lowest BCUT2D eigenvalue weighted by molar-refractivity contribution is -0.142. The van der Waals surface area contributed by atoms with E-state index in [4.69, 9.17) is 4.74 Å². The molecule has 2 atom stereocenters. The van der Waals surface area contributed by atoms with E-state index in [1.165, 1.54) is 20.0 Å². The largest absolute Gasteiger partial charge is 0.467 e.